The molecule has 0 aliphatic heterocycles. The van der Waals surface area contributed by atoms with Gasteiger partial charge in [-0.15, -0.1) is 0 Å². The van der Waals surface area contributed by atoms with E-state index in [1.54, 1.807) is 18.2 Å². The summed E-state index contributed by atoms with van der Waals surface area (Å²) in [7, 11) is 0. The third-order valence-electron chi connectivity index (χ3n) is 2.92. The zero-order chi connectivity index (χ0) is 13.1. The maximum absolute atomic E-state index is 13.8. The van der Waals surface area contributed by atoms with Crippen molar-refractivity contribution in [3.8, 4) is 0 Å². The third-order valence-corrected chi connectivity index (χ3v) is 3.43. The Hall–Kier alpha value is -1.42. The van der Waals surface area contributed by atoms with Crippen LogP contribution < -0.4 is 11.3 Å². The average molecular weight is 265 g/mol. The molecular formula is C14H14ClFN2. The smallest absolute Gasteiger partial charge is 0.128 e. The summed E-state index contributed by atoms with van der Waals surface area (Å²) in [6, 6.07) is 11.7. The molecule has 2 aromatic rings. The van der Waals surface area contributed by atoms with Gasteiger partial charge in [0.05, 0.1) is 6.04 Å². The number of rotatable bonds is 3. The first-order chi connectivity index (χ1) is 8.65. The number of hydrazine groups is 1. The molecule has 0 saturated carbocycles. The van der Waals surface area contributed by atoms with Crippen molar-refractivity contribution in [2.45, 2.75) is 13.0 Å². The molecule has 0 radical (unpaired) electrons. The molecular weight excluding hydrogens is 251 g/mol. The molecule has 0 heterocycles. The van der Waals surface area contributed by atoms with E-state index in [9.17, 15) is 4.39 Å². The van der Waals surface area contributed by atoms with Crippen LogP contribution in [-0.2, 0) is 0 Å². The quantitative estimate of drug-likeness (QED) is 0.659. The van der Waals surface area contributed by atoms with Crippen molar-refractivity contribution in [1.29, 1.82) is 0 Å². The number of hydrogen-bond acceptors (Lipinski definition) is 2. The van der Waals surface area contributed by atoms with Crippen molar-refractivity contribution in [2.24, 2.45) is 5.84 Å². The molecule has 1 atom stereocenters. The van der Waals surface area contributed by atoms with E-state index in [2.05, 4.69) is 5.43 Å². The van der Waals surface area contributed by atoms with Gasteiger partial charge in [0.1, 0.15) is 5.82 Å². The first-order valence-electron chi connectivity index (χ1n) is 5.60. The van der Waals surface area contributed by atoms with Gasteiger partial charge in [0.25, 0.3) is 0 Å². The van der Waals surface area contributed by atoms with Crippen LogP contribution in [0.2, 0.25) is 5.02 Å². The Kier molecular flexibility index (Phi) is 3.97. The molecule has 0 aliphatic carbocycles. The summed E-state index contributed by atoms with van der Waals surface area (Å²) in [4.78, 5) is 0. The topological polar surface area (TPSA) is 38.0 Å². The zero-order valence-electron chi connectivity index (χ0n) is 9.95. The summed E-state index contributed by atoms with van der Waals surface area (Å²) in [6.07, 6.45) is 0. The molecule has 4 heteroatoms. The minimum Gasteiger partial charge on any atom is -0.271 e. The van der Waals surface area contributed by atoms with E-state index in [1.165, 1.54) is 6.07 Å². The Morgan fingerprint density at radius 1 is 1.11 bits per heavy atom. The predicted molar refractivity (Wildman–Crippen MR) is 71.8 cm³/mol. The largest absolute Gasteiger partial charge is 0.271 e. The van der Waals surface area contributed by atoms with E-state index >= 15 is 0 Å². The molecule has 3 N–H and O–H groups in total. The number of aryl methyl sites for hydroxylation is 1. The van der Waals surface area contributed by atoms with Gasteiger partial charge >= 0.3 is 0 Å². The minimum atomic E-state index is -0.460. The van der Waals surface area contributed by atoms with Gasteiger partial charge in [-0.2, -0.15) is 0 Å². The predicted octanol–water partition coefficient (Wildman–Crippen LogP) is 3.34. The number of halogens is 2. The van der Waals surface area contributed by atoms with Crippen molar-refractivity contribution in [2.75, 3.05) is 0 Å². The fraction of sp³-hybridized carbons (Fsp3) is 0.143. The van der Waals surface area contributed by atoms with E-state index in [4.69, 9.17) is 17.4 Å². The van der Waals surface area contributed by atoms with Crippen LogP contribution in [0.3, 0.4) is 0 Å². The SMILES string of the molecule is Cc1cccc(C(NN)c2ccccc2F)c1Cl. The fourth-order valence-corrected chi connectivity index (χ4v) is 2.18. The van der Waals surface area contributed by atoms with E-state index in [1.807, 2.05) is 25.1 Å². The highest BCUT2D eigenvalue weighted by molar-refractivity contribution is 6.32. The third kappa shape index (κ3) is 2.38. The normalized spacial score (nSPS) is 12.4. The highest BCUT2D eigenvalue weighted by atomic mass is 35.5. The second-order valence-electron chi connectivity index (χ2n) is 4.10. The Bertz CT molecular complexity index is 557. The second kappa shape index (κ2) is 5.48. The summed E-state index contributed by atoms with van der Waals surface area (Å²) < 4.78 is 13.8. The number of nitrogens with two attached hydrogens (primary N) is 1. The van der Waals surface area contributed by atoms with Crippen LogP contribution in [0, 0.1) is 12.7 Å². The molecule has 0 aromatic heterocycles. The van der Waals surface area contributed by atoms with E-state index in [0.717, 1.165) is 11.1 Å². The van der Waals surface area contributed by atoms with Gasteiger partial charge in [0.2, 0.25) is 0 Å². The van der Waals surface area contributed by atoms with Crippen molar-refractivity contribution in [3.05, 3.63) is 70.0 Å². The summed E-state index contributed by atoms with van der Waals surface area (Å²) in [6.45, 7) is 1.90. The van der Waals surface area contributed by atoms with Crippen LogP contribution >= 0.6 is 11.6 Å². The Morgan fingerprint density at radius 2 is 1.78 bits per heavy atom. The van der Waals surface area contributed by atoms with Crippen molar-refractivity contribution in [3.63, 3.8) is 0 Å². The van der Waals surface area contributed by atoms with Crippen LogP contribution in [0.5, 0.6) is 0 Å². The van der Waals surface area contributed by atoms with Gasteiger partial charge in [-0.25, -0.2) is 9.82 Å². The van der Waals surface area contributed by atoms with Crippen molar-refractivity contribution >= 4 is 11.6 Å². The van der Waals surface area contributed by atoms with Gasteiger partial charge in [-0.05, 0) is 24.1 Å². The highest BCUT2D eigenvalue weighted by Crippen LogP contribution is 2.30. The lowest BCUT2D eigenvalue weighted by Gasteiger charge is -2.19. The number of nitrogens with one attached hydrogen (secondary N) is 1. The van der Waals surface area contributed by atoms with Gasteiger partial charge < -0.3 is 0 Å². The van der Waals surface area contributed by atoms with Gasteiger partial charge in [0.15, 0.2) is 0 Å². The Labute approximate surface area is 111 Å². The molecule has 2 aromatic carbocycles. The van der Waals surface area contributed by atoms with Crippen molar-refractivity contribution in [1.82, 2.24) is 5.43 Å². The zero-order valence-corrected chi connectivity index (χ0v) is 10.7. The van der Waals surface area contributed by atoms with E-state index in [0.29, 0.717) is 10.6 Å². The molecule has 0 spiro atoms. The molecule has 0 aliphatic rings. The highest BCUT2D eigenvalue weighted by Gasteiger charge is 2.19. The van der Waals surface area contributed by atoms with Crippen LogP contribution in [0.15, 0.2) is 42.5 Å². The fourth-order valence-electron chi connectivity index (χ4n) is 1.95. The molecule has 18 heavy (non-hydrogen) atoms. The molecule has 2 nitrogen and oxygen atoms in total. The number of hydrogen-bond donors (Lipinski definition) is 2. The maximum atomic E-state index is 13.8. The second-order valence-corrected chi connectivity index (χ2v) is 4.48. The van der Waals surface area contributed by atoms with Crippen LogP contribution in [-0.4, -0.2) is 0 Å². The summed E-state index contributed by atoms with van der Waals surface area (Å²) in [5.74, 6) is 5.24. The molecule has 0 fully saturated rings. The van der Waals surface area contributed by atoms with Crippen LogP contribution in [0.4, 0.5) is 4.39 Å². The van der Waals surface area contributed by atoms with Gasteiger partial charge in [-0.3, -0.25) is 5.84 Å². The maximum Gasteiger partial charge on any atom is 0.128 e. The summed E-state index contributed by atoms with van der Waals surface area (Å²) in [5, 5.41) is 0.601. The standard InChI is InChI=1S/C14H14ClFN2/c1-9-5-4-7-11(13(9)15)14(18-17)10-6-2-3-8-12(10)16/h2-8,14,18H,17H2,1H3. The lowest BCUT2D eigenvalue weighted by molar-refractivity contribution is 0.560. The summed E-state index contributed by atoms with van der Waals surface area (Å²) in [5.41, 5.74) is 4.80. The lowest BCUT2D eigenvalue weighted by Crippen LogP contribution is -2.29. The molecule has 2 rings (SSSR count). The first-order valence-corrected chi connectivity index (χ1v) is 5.98. The first kappa shape index (κ1) is 13.0. The number of benzene rings is 2. The van der Waals surface area contributed by atoms with E-state index in [-0.39, 0.29) is 5.82 Å². The van der Waals surface area contributed by atoms with Crippen LogP contribution in [0.1, 0.15) is 22.7 Å². The van der Waals surface area contributed by atoms with E-state index < -0.39 is 6.04 Å². The molecule has 94 valence electrons. The lowest BCUT2D eigenvalue weighted by atomic mass is 9.97. The van der Waals surface area contributed by atoms with Gasteiger partial charge in [-0.1, -0.05) is 48.0 Å². The van der Waals surface area contributed by atoms with Crippen molar-refractivity contribution < 1.29 is 4.39 Å². The molecule has 0 bridgehead atoms. The minimum absolute atomic E-state index is 0.307. The summed E-state index contributed by atoms with van der Waals surface area (Å²) >= 11 is 6.25. The van der Waals surface area contributed by atoms with Gasteiger partial charge in [0, 0.05) is 10.6 Å². The Morgan fingerprint density at radius 3 is 2.44 bits per heavy atom. The monoisotopic (exact) mass is 264 g/mol. The average Bonchev–Trinajstić information content (AvgIpc) is 2.37. The van der Waals surface area contributed by atoms with Crippen LogP contribution in [0.25, 0.3) is 0 Å². The Balaban J connectivity index is 2.53. The molecule has 0 saturated heterocycles. The molecule has 0 amide bonds. The molecule has 1 unspecified atom stereocenters.